The lowest BCUT2D eigenvalue weighted by Crippen LogP contribution is -2.27. The van der Waals surface area contributed by atoms with Crippen molar-refractivity contribution in [1.29, 1.82) is 0 Å². The molecular weight excluding hydrogens is 466 g/mol. The van der Waals surface area contributed by atoms with Crippen molar-refractivity contribution < 1.29 is 31.9 Å². The van der Waals surface area contributed by atoms with Gasteiger partial charge in [-0.15, -0.1) is 0 Å². The quantitative estimate of drug-likeness (QED) is 0.493. The highest BCUT2D eigenvalue weighted by Crippen LogP contribution is 2.23. The standard InChI is InChI=1S/C22H23N3O8S/c1-3-31-22(28)17-13(2)33-20-18(17)19(26)23-16(24-20)12-32-21(27)14-6-8-15(9-7-14)34(29,30)25-10-4-5-11-25/h6-9H,3-5,10-12H2,1-2H3,(H,23,24,26). The van der Waals surface area contributed by atoms with Crippen molar-refractivity contribution in [3.63, 3.8) is 0 Å². The van der Waals surface area contributed by atoms with Crippen LogP contribution in [0.1, 0.15) is 52.1 Å². The predicted octanol–water partition coefficient (Wildman–Crippen LogP) is 2.14. The van der Waals surface area contributed by atoms with Crippen LogP contribution in [0.5, 0.6) is 0 Å². The molecule has 0 saturated carbocycles. The Labute approximate surface area is 194 Å². The molecule has 4 rings (SSSR count). The molecule has 180 valence electrons. The number of aromatic nitrogens is 2. The molecule has 0 amide bonds. The molecule has 3 aromatic rings. The van der Waals surface area contributed by atoms with Gasteiger partial charge in [-0.05, 0) is 51.0 Å². The normalized spacial score (nSPS) is 14.4. The molecule has 1 saturated heterocycles. The molecule has 0 spiro atoms. The summed E-state index contributed by atoms with van der Waals surface area (Å²) in [5.74, 6) is -1.22. The highest BCUT2D eigenvalue weighted by Gasteiger charge is 2.27. The summed E-state index contributed by atoms with van der Waals surface area (Å²) in [6.07, 6.45) is 1.65. The number of carbonyl (C=O) groups excluding carboxylic acids is 2. The number of ether oxygens (including phenoxy) is 2. The first-order chi connectivity index (χ1) is 16.2. The number of aromatic amines is 1. The van der Waals surface area contributed by atoms with Crippen LogP contribution in [0, 0.1) is 6.92 Å². The SMILES string of the molecule is CCOC(=O)c1c(C)oc2nc(COC(=O)c3ccc(S(=O)(=O)N4CCCC4)cc3)[nH]c(=O)c12. The molecule has 12 heteroatoms. The number of aryl methyl sites for hydroxylation is 1. The number of benzene rings is 1. The van der Waals surface area contributed by atoms with Gasteiger partial charge < -0.3 is 18.9 Å². The van der Waals surface area contributed by atoms with E-state index in [1.165, 1.54) is 35.5 Å². The van der Waals surface area contributed by atoms with Crippen molar-refractivity contribution in [2.24, 2.45) is 0 Å². The minimum atomic E-state index is -3.59. The van der Waals surface area contributed by atoms with Crippen LogP contribution >= 0.6 is 0 Å². The second kappa shape index (κ2) is 9.39. The molecule has 1 aliphatic heterocycles. The Morgan fingerprint density at radius 3 is 2.44 bits per heavy atom. The third-order valence-corrected chi connectivity index (χ3v) is 7.31. The molecule has 1 aromatic carbocycles. The third kappa shape index (κ3) is 4.46. The van der Waals surface area contributed by atoms with Gasteiger partial charge in [-0.25, -0.2) is 18.0 Å². The summed E-state index contributed by atoms with van der Waals surface area (Å²) in [5, 5.41) is -0.0409. The van der Waals surface area contributed by atoms with Gasteiger partial charge in [0.25, 0.3) is 5.56 Å². The van der Waals surface area contributed by atoms with E-state index in [0.717, 1.165) is 12.8 Å². The summed E-state index contributed by atoms with van der Waals surface area (Å²) >= 11 is 0. The van der Waals surface area contributed by atoms with Crippen molar-refractivity contribution >= 4 is 33.1 Å². The lowest BCUT2D eigenvalue weighted by molar-refractivity contribution is 0.0460. The number of rotatable bonds is 7. The van der Waals surface area contributed by atoms with Crippen molar-refractivity contribution in [2.45, 2.75) is 38.2 Å². The number of hydrogen-bond donors (Lipinski definition) is 1. The Kier molecular flexibility index (Phi) is 6.53. The molecule has 1 fully saturated rings. The summed E-state index contributed by atoms with van der Waals surface area (Å²) in [5.41, 5.74) is -0.570. The van der Waals surface area contributed by atoms with Gasteiger partial charge >= 0.3 is 11.9 Å². The summed E-state index contributed by atoms with van der Waals surface area (Å²) in [6, 6.07) is 5.45. The van der Waals surface area contributed by atoms with Crippen LogP contribution in [0.4, 0.5) is 0 Å². The lowest BCUT2D eigenvalue weighted by Gasteiger charge is -2.15. The van der Waals surface area contributed by atoms with E-state index >= 15 is 0 Å². The Balaban J connectivity index is 1.48. The number of sulfonamides is 1. The molecule has 0 bridgehead atoms. The van der Waals surface area contributed by atoms with E-state index in [9.17, 15) is 22.8 Å². The number of furan rings is 1. The van der Waals surface area contributed by atoms with Crippen LogP contribution in [-0.2, 0) is 26.1 Å². The molecule has 11 nitrogen and oxygen atoms in total. The number of esters is 2. The van der Waals surface area contributed by atoms with Gasteiger partial charge in [0.2, 0.25) is 15.7 Å². The van der Waals surface area contributed by atoms with Crippen molar-refractivity contribution in [1.82, 2.24) is 14.3 Å². The fourth-order valence-corrected chi connectivity index (χ4v) is 5.26. The number of carbonyl (C=O) groups is 2. The van der Waals surface area contributed by atoms with Crippen molar-refractivity contribution in [3.8, 4) is 0 Å². The van der Waals surface area contributed by atoms with Crippen LogP contribution in [0.2, 0.25) is 0 Å². The molecule has 1 aliphatic rings. The second-order valence-corrected chi connectivity index (χ2v) is 9.60. The average molecular weight is 490 g/mol. The van der Waals surface area contributed by atoms with Gasteiger partial charge in [0.05, 0.1) is 17.1 Å². The molecule has 2 aromatic heterocycles. The number of hydrogen-bond acceptors (Lipinski definition) is 9. The molecule has 0 radical (unpaired) electrons. The van der Waals surface area contributed by atoms with E-state index in [1.807, 2.05) is 0 Å². The summed E-state index contributed by atoms with van der Waals surface area (Å²) in [4.78, 5) is 43.8. The number of H-pyrrole nitrogens is 1. The Morgan fingerprint density at radius 1 is 1.12 bits per heavy atom. The zero-order valence-electron chi connectivity index (χ0n) is 18.6. The molecule has 3 heterocycles. The van der Waals surface area contributed by atoms with Gasteiger partial charge in [0.1, 0.15) is 23.3 Å². The van der Waals surface area contributed by atoms with E-state index in [0.29, 0.717) is 13.1 Å². The Morgan fingerprint density at radius 2 is 1.79 bits per heavy atom. The van der Waals surface area contributed by atoms with Gasteiger partial charge in [0.15, 0.2) is 5.82 Å². The number of nitrogens with zero attached hydrogens (tertiary/aromatic N) is 2. The first kappa shape index (κ1) is 23.6. The first-order valence-corrected chi connectivity index (χ1v) is 12.1. The summed E-state index contributed by atoms with van der Waals surface area (Å²) in [7, 11) is -3.59. The van der Waals surface area contributed by atoms with E-state index in [2.05, 4.69) is 9.97 Å². The van der Waals surface area contributed by atoms with Gasteiger partial charge in [-0.2, -0.15) is 9.29 Å². The molecule has 0 aliphatic carbocycles. The maximum atomic E-state index is 12.6. The topological polar surface area (TPSA) is 149 Å². The highest BCUT2D eigenvalue weighted by molar-refractivity contribution is 7.89. The molecule has 34 heavy (non-hydrogen) atoms. The number of nitrogens with one attached hydrogen (secondary N) is 1. The predicted molar refractivity (Wildman–Crippen MR) is 119 cm³/mol. The maximum Gasteiger partial charge on any atom is 0.342 e. The molecule has 0 atom stereocenters. The zero-order chi connectivity index (χ0) is 24.5. The van der Waals surface area contributed by atoms with E-state index < -0.39 is 27.5 Å². The summed E-state index contributed by atoms with van der Waals surface area (Å²) in [6.45, 7) is 3.89. The van der Waals surface area contributed by atoms with E-state index in [-0.39, 0.29) is 51.9 Å². The highest BCUT2D eigenvalue weighted by atomic mass is 32.2. The zero-order valence-corrected chi connectivity index (χ0v) is 19.4. The van der Waals surface area contributed by atoms with Gasteiger partial charge in [-0.1, -0.05) is 0 Å². The van der Waals surface area contributed by atoms with Gasteiger partial charge in [-0.3, -0.25) is 4.79 Å². The van der Waals surface area contributed by atoms with E-state index in [1.54, 1.807) is 6.92 Å². The second-order valence-electron chi connectivity index (χ2n) is 7.66. The Hall–Kier alpha value is -3.51. The maximum absolute atomic E-state index is 12.6. The van der Waals surface area contributed by atoms with Crippen LogP contribution in [0.25, 0.3) is 11.1 Å². The first-order valence-electron chi connectivity index (χ1n) is 10.7. The third-order valence-electron chi connectivity index (χ3n) is 5.40. The van der Waals surface area contributed by atoms with Crippen LogP contribution in [-0.4, -0.2) is 54.3 Å². The Bertz CT molecular complexity index is 1400. The van der Waals surface area contributed by atoms with Crippen molar-refractivity contribution in [2.75, 3.05) is 19.7 Å². The van der Waals surface area contributed by atoms with Crippen molar-refractivity contribution in [3.05, 3.63) is 57.3 Å². The summed E-state index contributed by atoms with van der Waals surface area (Å²) < 4.78 is 42.2. The lowest BCUT2D eigenvalue weighted by atomic mass is 10.2. The van der Waals surface area contributed by atoms with Gasteiger partial charge in [0, 0.05) is 13.1 Å². The molecular formula is C22H23N3O8S. The number of fused-ring (bicyclic) bond motifs is 1. The fraction of sp³-hybridized carbons (Fsp3) is 0.364. The largest absolute Gasteiger partial charge is 0.462 e. The van der Waals surface area contributed by atoms with Crippen LogP contribution < -0.4 is 5.56 Å². The minimum Gasteiger partial charge on any atom is -0.462 e. The molecule has 0 unspecified atom stereocenters. The fourth-order valence-electron chi connectivity index (χ4n) is 3.74. The average Bonchev–Trinajstić information content (AvgIpc) is 3.46. The van der Waals surface area contributed by atoms with E-state index in [4.69, 9.17) is 13.9 Å². The smallest absolute Gasteiger partial charge is 0.342 e. The van der Waals surface area contributed by atoms with Crippen LogP contribution in [0.3, 0.4) is 0 Å². The van der Waals surface area contributed by atoms with Crippen LogP contribution in [0.15, 0.2) is 38.4 Å². The monoisotopic (exact) mass is 489 g/mol. The minimum absolute atomic E-state index is 0.00174. The molecule has 1 N–H and O–H groups in total.